The molecular formula is C9H13N3OS. The van der Waals surface area contributed by atoms with E-state index in [1.807, 2.05) is 13.0 Å². The summed E-state index contributed by atoms with van der Waals surface area (Å²) in [6.45, 7) is 5.32. The lowest BCUT2D eigenvalue weighted by Gasteiger charge is -2.27. The maximum absolute atomic E-state index is 5.28. The number of nitrogens with one attached hydrogen (secondary N) is 1. The fourth-order valence-corrected chi connectivity index (χ4v) is 1.77. The summed E-state index contributed by atoms with van der Waals surface area (Å²) in [4.78, 5) is 9.48. The molecule has 4 nitrogen and oxygen atoms in total. The molecule has 1 aliphatic heterocycles. The van der Waals surface area contributed by atoms with Gasteiger partial charge in [0.05, 0.1) is 13.2 Å². The molecule has 1 aromatic heterocycles. The van der Waals surface area contributed by atoms with Crippen molar-refractivity contribution < 1.29 is 4.74 Å². The second kappa shape index (κ2) is 4.06. The first-order chi connectivity index (χ1) is 6.75. The lowest BCUT2D eigenvalue weighted by atomic mass is 10.3. The van der Waals surface area contributed by atoms with Gasteiger partial charge in [0, 0.05) is 18.8 Å². The monoisotopic (exact) mass is 211 g/mol. The maximum Gasteiger partial charge on any atom is 0.198 e. The number of hydrogen-bond acceptors (Lipinski definition) is 4. The Morgan fingerprint density at radius 1 is 1.50 bits per heavy atom. The molecule has 0 amide bonds. The number of rotatable bonds is 1. The minimum absolute atomic E-state index is 0.548. The van der Waals surface area contributed by atoms with Crippen molar-refractivity contribution in [3.8, 4) is 0 Å². The van der Waals surface area contributed by atoms with Crippen molar-refractivity contribution in [2.24, 2.45) is 0 Å². The summed E-state index contributed by atoms with van der Waals surface area (Å²) >= 11 is 5.03. The molecule has 1 aromatic rings. The molecular weight excluding hydrogens is 198 g/mol. The van der Waals surface area contributed by atoms with Gasteiger partial charge >= 0.3 is 0 Å². The van der Waals surface area contributed by atoms with Gasteiger partial charge in [0.25, 0.3) is 0 Å². The van der Waals surface area contributed by atoms with Crippen molar-refractivity contribution in [3.05, 3.63) is 16.5 Å². The molecule has 0 aliphatic carbocycles. The minimum atomic E-state index is 0.548. The highest BCUT2D eigenvalue weighted by Crippen LogP contribution is 2.12. The van der Waals surface area contributed by atoms with Crippen molar-refractivity contribution in [1.82, 2.24) is 9.97 Å². The number of aromatic nitrogens is 2. The number of ether oxygens (including phenoxy) is 1. The standard InChI is InChI=1S/C9H13N3OS/c1-7-6-8(11-9(14)10-7)12-2-4-13-5-3-12/h6H,2-5H2,1H3,(H,10,11,14). The highest BCUT2D eigenvalue weighted by Gasteiger charge is 2.12. The predicted octanol–water partition coefficient (Wildman–Crippen LogP) is 1.28. The van der Waals surface area contributed by atoms with E-state index in [9.17, 15) is 0 Å². The van der Waals surface area contributed by atoms with Gasteiger partial charge < -0.3 is 14.6 Å². The van der Waals surface area contributed by atoms with E-state index in [-0.39, 0.29) is 0 Å². The van der Waals surface area contributed by atoms with Crippen LogP contribution in [0.5, 0.6) is 0 Å². The van der Waals surface area contributed by atoms with Crippen LogP contribution in [0.2, 0.25) is 0 Å². The third kappa shape index (κ3) is 2.10. The largest absolute Gasteiger partial charge is 0.378 e. The van der Waals surface area contributed by atoms with Crippen LogP contribution in [0.1, 0.15) is 5.69 Å². The topological polar surface area (TPSA) is 41.1 Å². The van der Waals surface area contributed by atoms with Gasteiger partial charge in [-0.05, 0) is 25.2 Å². The Balaban J connectivity index is 2.26. The van der Waals surface area contributed by atoms with Gasteiger partial charge in [-0.15, -0.1) is 0 Å². The zero-order chi connectivity index (χ0) is 9.97. The molecule has 1 fully saturated rings. The number of aromatic amines is 1. The van der Waals surface area contributed by atoms with Gasteiger partial charge in [-0.3, -0.25) is 0 Å². The Hall–Kier alpha value is -0.940. The van der Waals surface area contributed by atoms with E-state index >= 15 is 0 Å². The van der Waals surface area contributed by atoms with Crippen LogP contribution in [0.15, 0.2) is 6.07 Å². The summed E-state index contributed by atoms with van der Waals surface area (Å²) in [6.07, 6.45) is 0. The van der Waals surface area contributed by atoms with E-state index in [1.54, 1.807) is 0 Å². The number of hydrogen-bond donors (Lipinski definition) is 1. The van der Waals surface area contributed by atoms with E-state index in [0.717, 1.165) is 37.8 Å². The van der Waals surface area contributed by atoms with E-state index < -0.39 is 0 Å². The van der Waals surface area contributed by atoms with E-state index in [1.165, 1.54) is 0 Å². The third-order valence-corrected chi connectivity index (χ3v) is 2.39. The lowest BCUT2D eigenvalue weighted by molar-refractivity contribution is 0.122. The highest BCUT2D eigenvalue weighted by atomic mass is 32.1. The molecule has 0 aromatic carbocycles. The maximum atomic E-state index is 5.28. The lowest BCUT2D eigenvalue weighted by Crippen LogP contribution is -2.36. The van der Waals surface area contributed by atoms with Crippen LogP contribution >= 0.6 is 12.2 Å². The predicted molar refractivity (Wildman–Crippen MR) is 57.2 cm³/mol. The van der Waals surface area contributed by atoms with Crippen LogP contribution in [0.3, 0.4) is 0 Å². The summed E-state index contributed by atoms with van der Waals surface area (Å²) in [7, 11) is 0. The van der Waals surface area contributed by atoms with Crippen molar-refractivity contribution in [2.75, 3.05) is 31.2 Å². The summed E-state index contributed by atoms with van der Waals surface area (Å²) < 4.78 is 5.83. The van der Waals surface area contributed by atoms with E-state index in [0.29, 0.717) is 4.77 Å². The quantitative estimate of drug-likeness (QED) is 0.711. The van der Waals surface area contributed by atoms with Gasteiger partial charge in [-0.2, -0.15) is 0 Å². The molecule has 2 heterocycles. The molecule has 0 saturated carbocycles. The van der Waals surface area contributed by atoms with Crippen molar-refractivity contribution in [2.45, 2.75) is 6.92 Å². The molecule has 0 bridgehead atoms. The van der Waals surface area contributed by atoms with Crippen LogP contribution in [0.25, 0.3) is 0 Å². The third-order valence-electron chi connectivity index (χ3n) is 2.20. The Morgan fingerprint density at radius 3 is 2.86 bits per heavy atom. The summed E-state index contributed by atoms with van der Waals surface area (Å²) in [6, 6.07) is 2.02. The van der Waals surface area contributed by atoms with Crippen LogP contribution in [0.4, 0.5) is 5.82 Å². The number of anilines is 1. The first kappa shape index (κ1) is 9.61. The zero-order valence-corrected chi connectivity index (χ0v) is 8.93. The van der Waals surface area contributed by atoms with Crippen LogP contribution in [-0.4, -0.2) is 36.3 Å². The Kier molecular flexibility index (Phi) is 2.79. The molecule has 0 atom stereocenters. The summed E-state index contributed by atoms with van der Waals surface area (Å²) in [5, 5.41) is 0. The number of aryl methyl sites for hydroxylation is 1. The number of morpholine rings is 1. The molecule has 1 aliphatic rings. The van der Waals surface area contributed by atoms with Gasteiger partial charge in [0.1, 0.15) is 5.82 Å². The van der Waals surface area contributed by atoms with Gasteiger partial charge in [-0.1, -0.05) is 0 Å². The van der Waals surface area contributed by atoms with Gasteiger partial charge in [0.15, 0.2) is 4.77 Å². The first-order valence-corrected chi connectivity index (χ1v) is 5.07. The Morgan fingerprint density at radius 2 is 2.21 bits per heavy atom. The Bertz CT molecular complexity index is 371. The van der Waals surface area contributed by atoms with Gasteiger partial charge in [-0.25, -0.2) is 4.98 Å². The average Bonchev–Trinajstić information content (AvgIpc) is 2.18. The molecule has 5 heteroatoms. The molecule has 1 saturated heterocycles. The smallest absolute Gasteiger partial charge is 0.198 e. The average molecular weight is 211 g/mol. The second-order valence-electron chi connectivity index (χ2n) is 3.33. The molecule has 0 unspecified atom stereocenters. The van der Waals surface area contributed by atoms with Crippen molar-refractivity contribution >= 4 is 18.0 Å². The fraction of sp³-hybridized carbons (Fsp3) is 0.556. The molecule has 76 valence electrons. The fourth-order valence-electron chi connectivity index (χ4n) is 1.52. The first-order valence-electron chi connectivity index (χ1n) is 4.66. The summed E-state index contributed by atoms with van der Waals surface area (Å²) in [5.41, 5.74) is 1.05. The van der Waals surface area contributed by atoms with Crippen LogP contribution in [-0.2, 0) is 4.74 Å². The van der Waals surface area contributed by atoms with Crippen molar-refractivity contribution in [1.29, 1.82) is 0 Å². The van der Waals surface area contributed by atoms with Crippen molar-refractivity contribution in [3.63, 3.8) is 0 Å². The molecule has 0 radical (unpaired) electrons. The number of H-pyrrole nitrogens is 1. The van der Waals surface area contributed by atoms with Crippen LogP contribution < -0.4 is 4.90 Å². The zero-order valence-electron chi connectivity index (χ0n) is 8.12. The molecule has 1 N–H and O–H groups in total. The van der Waals surface area contributed by atoms with Gasteiger partial charge in [0.2, 0.25) is 0 Å². The van der Waals surface area contributed by atoms with Crippen LogP contribution in [0, 0.1) is 11.7 Å². The normalized spacial score (nSPS) is 17.1. The summed E-state index contributed by atoms with van der Waals surface area (Å²) in [5.74, 6) is 0.953. The second-order valence-corrected chi connectivity index (χ2v) is 3.71. The van der Waals surface area contributed by atoms with E-state index in [4.69, 9.17) is 17.0 Å². The molecule has 2 rings (SSSR count). The highest BCUT2D eigenvalue weighted by molar-refractivity contribution is 7.71. The molecule has 14 heavy (non-hydrogen) atoms. The number of nitrogens with zero attached hydrogens (tertiary/aromatic N) is 2. The SMILES string of the molecule is Cc1cc(N2CCOCC2)nc(=S)[nH]1. The molecule has 0 spiro atoms. The van der Waals surface area contributed by atoms with E-state index in [2.05, 4.69) is 14.9 Å². The Labute approximate surface area is 87.9 Å². The minimum Gasteiger partial charge on any atom is -0.378 e.